The fraction of sp³-hybridized carbons (Fsp3) is 0. The number of halogens is 1. The molecule has 0 bridgehead atoms. The molecule has 3 rings (SSSR count). The minimum Gasteiger partial charge on any atom is -0.476 e. The minimum atomic E-state index is -1.08. The molecule has 2 aromatic carbocycles. The number of aromatic nitrogens is 2. The Morgan fingerprint density at radius 3 is 2.60 bits per heavy atom. The summed E-state index contributed by atoms with van der Waals surface area (Å²) in [5.41, 5.74) is 1.27. The highest BCUT2D eigenvalue weighted by Gasteiger charge is 2.14. The van der Waals surface area contributed by atoms with Crippen LogP contribution < -0.4 is 0 Å². The highest BCUT2D eigenvalue weighted by atomic mass is 35.5. The Labute approximate surface area is 119 Å². The van der Waals surface area contributed by atoms with Gasteiger partial charge in [0, 0.05) is 16.0 Å². The van der Waals surface area contributed by atoms with Gasteiger partial charge in [0.1, 0.15) is 0 Å². The van der Waals surface area contributed by atoms with E-state index in [9.17, 15) is 9.90 Å². The maximum Gasteiger partial charge on any atom is 0.355 e. The Hall–Kier alpha value is -2.46. The number of carbonyl (C=O) groups is 1. The van der Waals surface area contributed by atoms with Crippen molar-refractivity contribution in [2.24, 2.45) is 0 Å². The SMILES string of the molecule is O=C(O)c1nc(-c2cccc(Cl)c2)nc2ccccc12. The van der Waals surface area contributed by atoms with Crippen molar-refractivity contribution in [2.45, 2.75) is 0 Å². The number of nitrogens with zero attached hydrogens (tertiary/aromatic N) is 2. The molecule has 0 amide bonds. The van der Waals surface area contributed by atoms with Crippen LogP contribution in [-0.4, -0.2) is 21.0 Å². The van der Waals surface area contributed by atoms with E-state index in [0.29, 0.717) is 27.3 Å². The van der Waals surface area contributed by atoms with Gasteiger partial charge in [-0.25, -0.2) is 14.8 Å². The normalized spacial score (nSPS) is 10.7. The van der Waals surface area contributed by atoms with Crippen molar-refractivity contribution in [3.63, 3.8) is 0 Å². The molecule has 98 valence electrons. The second-order valence-electron chi connectivity index (χ2n) is 4.23. The number of para-hydroxylation sites is 1. The standard InChI is InChI=1S/C15H9ClN2O2/c16-10-5-3-4-9(8-10)14-17-12-7-2-1-6-11(12)13(18-14)15(19)20/h1-8H,(H,19,20). The Morgan fingerprint density at radius 1 is 1.05 bits per heavy atom. The fourth-order valence-corrected chi connectivity index (χ4v) is 2.19. The van der Waals surface area contributed by atoms with Crippen LogP contribution in [0.3, 0.4) is 0 Å². The van der Waals surface area contributed by atoms with Crippen molar-refractivity contribution in [1.29, 1.82) is 0 Å². The number of hydrogen-bond donors (Lipinski definition) is 1. The van der Waals surface area contributed by atoms with Crippen LogP contribution in [0.25, 0.3) is 22.3 Å². The van der Waals surface area contributed by atoms with Gasteiger partial charge >= 0.3 is 5.97 Å². The number of rotatable bonds is 2. The third kappa shape index (κ3) is 2.21. The summed E-state index contributed by atoms with van der Waals surface area (Å²) in [6.45, 7) is 0. The van der Waals surface area contributed by atoms with Gasteiger partial charge in [-0.2, -0.15) is 0 Å². The molecule has 0 saturated heterocycles. The molecule has 0 radical (unpaired) electrons. The predicted octanol–water partition coefficient (Wildman–Crippen LogP) is 3.65. The third-order valence-electron chi connectivity index (χ3n) is 2.89. The van der Waals surface area contributed by atoms with E-state index in [1.807, 2.05) is 6.07 Å². The van der Waals surface area contributed by atoms with Gasteiger partial charge in [0.25, 0.3) is 0 Å². The molecule has 5 heteroatoms. The molecule has 4 nitrogen and oxygen atoms in total. The highest BCUT2D eigenvalue weighted by Crippen LogP contribution is 2.23. The molecular weight excluding hydrogens is 276 g/mol. The zero-order chi connectivity index (χ0) is 14.1. The number of benzene rings is 2. The first-order chi connectivity index (χ1) is 9.65. The number of fused-ring (bicyclic) bond motifs is 1. The molecule has 0 fully saturated rings. The first-order valence-corrected chi connectivity index (χ1v) is 6.29. The van der Waals surface area contributed by atoms with Crippen LogP contribution in [0.5, 0.6) is 0 Å². The van der Waals surface area contributed by atoms with Crippen molar-refractivity contribution in [3.8, 4) is 11.4 Å². The third-order valence-corrected chi connectivity index (χ3v) is 3.12. The lowest BCUT2D eigenvalue weighted by Crippen LogP contribution is -2.04. The molecule has 1 N–H and O–H groups in total. The molecule has 0 saturated carbocycles. The van der Waals surface area contributed by atoms with Crippen molar-refractivity contribution in [2.75, 3.05) is 0 Å². The zero-order valence-corrected chi connectivity index (χ0v) is 11.0. The molecule has 1 heterocycles. The van der Waals surface area contributed by atoms with E-state index >= 15 is 0 Å². The van der Waals surface area contributed by atoms with Crippen LogP contribution in [0.2, 0.25) is 5.02 Å². The summed E-state index contributed by atoms with van der Waals surface area (Å²) in [4.78, 5) is 19.9. The first-order valence-electron chi connectivity index (χ1n) is 5.91. The van der Waals surface area contributed by atoms with Crippen molar-refractivity contribution < 1.29 is 9.90 Å². The topological polar surface area (TPSA) is 63.1 Å². The summed E-state index contributed by atoms with van der Waals surface area (Å²) in [7, 11) is 0. The van der Waals surface area contributed by atoms with E-state index < -0.39 is 5.97 Å². The number of hydrogen-bond acceptors (Lipinski definition) is 3. The minimum absolute atomic E-state index is 0.00873. The van der Waals surface area contributed by atoms with Gasteiger partial charge in [-0.15, -0.1) is 0 Å². The van der Waals surface area contributed by atoms with Crippen molar-refractivity contribution in [1.82, 2.24) is 9.97 Å². The molecule has 0 spiro atoms. The number of carboxylic acids is 1. The van der Waals surface area contributed by atoms with Crippen LogP contribution in [0.15, 0.2) is 48.5 Å². The molecule has 0 unspecified atom stereocenters. The average Bonchev–Trinajstić information content (AvgIpc) is 2.46. The van der Waals surface area contributed by atoms with Gasteiger partial charge in [0.2, 0.25) is 0 Å². The van der Waals surface area contributed by atoms with E-state index in [1.165, 1.54) is 0 Å². The maximum atomic E-state index is 11.3. The monoisotopic (exact) mass is 284 g/mol. The van der Waals surface area contributed by atoms with Crippen LogP contribution in [0.4, 0.5) is 0 Å². The largest absolute Gasteiger partial charge is 0.476 e. The Bertz CT molecular complexity index is 818. The Kier molecular flexibility index (Phi) is 3.08. The van der Waals surface area contributed by atoms with Gasteiger partial charge in [0.05, 0.1) is 5.52 Å². The lowest BCUT2D eigenvalue weighted by atomic mass is 10.1. The van der Waals surface area contributed by atoms with Gasteiger partial charge < -0.3 is 5.11 Å². The van der Waals surface area contributed by atoms with E-state index in [0.717, 1.165) is 0 Å². The maximum absolute atomic E-state index is 11.3. The summed E-state index contributed by atoms with van der Waals surface area (Å²) in [5.74, 6) is -0.726. The number of carboxylic acid groups (broad SMARTS) is 1. The van der Waals surface area contributed by atoms with Gasteiger partial charge in [0.15, 0.2) is 11.5 Å². The molecule has 0 atom stereocenters. The molecule has 20 heavy (non-hydrogen) atoms. The van der Waals surface area contributed by atoms with E-state index in [1.54, 1.807) is 42.5 Å². The summed E-state index contributed by atoms with van der Waals surface area (Å²) in [5, 5.41) is 10.4. The lowest BCUT2D eigenvalue weighted by Gasteiger charge is -2.06. The summed E-state index contributed by atoms with van der Waals surface area (Å²) >= 11 is 5.94. The summed E-state index contributed by atoms with van der Waals surface area (Å²) < 4.78 is 0. The van der Waals surface area contributed by atoms with Crippen LogP contribution in [0.1, 0.15) is 10.5 Å². The van der Waals surface area contributed by atoms with Gasteiger partial charge in [-0.3, -0.25) is 0 Å². The van der Waals surface area contributed by atoms with Crippen LogP contribution >= 0.6 is 11.6 Å². The molecule has 1 aromatic heterocycles. The van der Waals surface area contributed by atoms with Crippen molar-refractivity contribution in [3.05, 3.63) is 59.2 Å². The molecular formula is C15H9ClN2O2. The zero-order valence-electron chi connectivity index (χ0n) is 10.2. The smallest absolute Gasteiger partial charge is 0.355 e. The summed E-state index contributed by atoms with van der Waals surface area (Å²) in [6.07, 6.45) is 0. The van der Waals surface area contributed by atoms with Gasteiger partial charge in [-0.05, 0) is 18.2 Å². The quantitative estimate of drug-likeness (QED) is 0.780. The van der Waals surface area contributed by atoms with Crippen LogP contribution in [-0.2, 0) is 0 Å². The second-order valence-corrected chi connectivity index (χ2v) is 4.66. The lowest BCUT2D eigenvalue weighted by molar-refractivity contribution is 0.0693. The predicted molar refractivity (Wildman–Crippen MR) is 76.9 cm³/mol. The van der Waals surface area contributed by atoms with E-state index in [-0.39, 0.29) is 5.69 Å². The molecule has 0 aliphatic carbocycles. The average molecular weight is 285 g/mol. The second kappa shape index (κ2) is 4.90. The highest BCUT2D eigenvalue weighted by molar-refractivity contribution is 6.30. The first kappa shape index (κ1) is 12.6. The van der Waals surface area contributed by atoms with Crippen molar-refractivity contribution >= 4 is 28.5 Å². The molecule has 0 aliphatic heterocycles. The van der Waals surface area contributed by atoms with Gasteiger partial charge in [-0.1, -0.05) is 41.9 Å². The number of aromatic carboxylic acids is 1. The van der Waals surface area contributed by atoms with E-state index in [4.69, 9.17) is 11.6 Å². The Balaban J connectivity index is 2.30. The Morgan fingerprint density at radius 2 is 1.85 bits per heavy atom. The molecule has 0 aliphatic rings. The van der Waals surface area contributed by atoms with E-state index in [2.05, 4.69) is 9.97 Å². The fourth-order valence-electron chi connectivity index (χ4n) is 2.00. The van der Waals surface area contributed by atoms with Crippen LogP contribution in [0, 0.1) is 0 Å². The molecule has 3 aromatic rings. The summed E-state index contributed by atoms with van der Waals surface area (Å²) in [6, 6.07) is 14.0.